The first kappa shape index (κ1) is 19.2. The molecule has 0 aliphatic carbocycles. The Kier molecular flexibility index (Phi) is 6.06. The van der Waals surface area contributed by atoms with Gasteiger partial charge in [-0.1, -0.05) is 25.1 Å². The van der Waals surface area contributed by atoms with Gasteiger partial charge in [-0.3, -0.25) is 4.90 Å². The largest absolute Gasteiger partial charge is 0.478 e. The summed E-state index contributed by atoms with van der Waals surface area (Å²) in [5.74, 6) is -0.907. The zero-order valence-corrected chi connectivity index (χ0v) is 15.5. The average molecular weight is 348 g/mol. The van der Waals surface area contributed by atoms with Crippen molar-refractivity contribution in [3.8, 4) is 0 Å². The number of nitrogens with zero attached hydrogens (tertiary/aromatic N) is 2. The number of aromatic carboxylic acids is 1. The summed E-state index contributed by atoms with van der Waals surface area (Å²) in [6.07, 6.45) is 0.556. The second-order valence-electron chi connectivity index (χ2n) is 7.43. The van der Waals surface area contributed by atoms with Crippen LogP contribution in [0.5, 0.6) is 0 Å². The summed E-state index contributed by atoms with van der Waals surface area (Å²) < 4.78 is 5.50. The third-order valence-electron chi connectivity index (χ3n) is 4.31. The van der Waals surface area contributed by atoms with Gasteiger partial charge in [0, 0.05) is 32.2 Å². The van der Waals surface area contributed by atoms with Gasteiger partial charge >= 0.3 is 12.1 Å². The van der Waals surface area contributed by atoms with E-state index >= 15 is 0 Å². The maximum absolute atomic E-state index is 12.4. The lowest BCUT2D eigenvalue weighted by Gasteiger charge is -2.41. The number of benzene rings is 1. The van der Waals surface area contributed by atoms with E-state index in [0.717, 1.165) is 12.0 Å². The Bertz CT molecular complexity index is 624. The molecule has 1 heterocycles. The van der Waals surface area contributed by atoms with Crippen molar-refractivity contribution in [2.24, 2.45) is 0 Å². The van der Waals surface area contributed by atoms with E-state index in [4.69, 9.17) is 4.74 Å². The van der Waals surface area contributed by atoms with E-state index < -0.39 is 11.6 Å². The SMILES string of the molecule is CC[C@@H]1CN(Cc2ccccc2C(=O)O)CCN1C(=O)OC(C)(C)C. The Morgan fingerprint density at radius 2 is 1.92 bits per heavy atom. The molecule has 1 fully saturated rings. The maximum Gasteiger partial charge on any atom is 0.410 e. The van der Waals surface area contributed by atoms with Gasteiger partial charge in [-0.25, -0.2) is 9.59 Å². The number of hydrogen-bond donors (Lipinski definition) is 1. The molecule has 0 radical (unpaired) electrons. The van der Waals surface area contributed by atoms with Crippen LogP contribution in [0.4, 0.5) is 4.79 Å². The van der Waals surface area contributed by atoms with Crippen LogP contribution in [-0.2, 0) is 11.3 Å². The van der Waals surface area contributed by atoms with Gasteiger partial charge in [0.1, 0.15) is 5.60 Å². The number of carboxylic acids is 1. The molecule has 1 N–H and O–H groups in total. The molecule has 1 amide bonds. The van der Waals surface area contributed by atoms with E-state index in [2.05, 4.69) is 11.8 Å². The Morgan fingerprint density at radius 1 is 1.24 bits per heavy atom. The fraction of sp³-hybridized carbons (Fsp3) is 0.579. The molecule has 0 unspecified atom stereocenters. The van der Waals surface area contributed by atoms with Crippen molar-refractivity contribution in [1.82, 2.24) is 9.80 Å². The Labute approximate surface area is 149 Å². The predicted octanol–water partition coefficient (Wildman–Crippen LogP) is 3.22. The molecule has 0 spiro atoms. The summed E-state index contributed by atoms with van der Waals surface area (Å²) in [5, 5.41) is 9.33. The van der Waals surface area contributed by atoms with E-state index in [9.17, 15) is 14.7 Å². The average Bonchev–Trinajstić information content (AvgIpc) is 2.53. The number of amides is 1. The first-order valence-corrected chi connectivity index (χ1v) is 8.74. The standard InChI is InChI=1S/C19H28N2O4/c1-5-15-13-20(10-11-21(15)18(24)25-19(2,3)4)12-14-8-6-7-9-16(14)17(22)23/h6-9,15H,5,10-13H2,1-4H3,(H,22,23)/t15-/m1/s1. The molecule has 2 rings (SSSR count). The molecule has 25 heavy (non-hydrogen) atoms. The van der Waals surface area contributed by atoms with Crippen LogP contribution in [0.15, 0.2) is 24.3 Å². The van der Waals surface area contributed by atoms with Crippen molar-refractivity contribution in [2.45, 2.75) is 52.3 Å². The van der Waals surface area contributed by atoms with Gasteiger partial charge in [-0.05, 0) is 38.8 Å². The highest BCUT2D eigenvalue weighted by molar-refractivity contribution is 5.89. The quantitative estimate of drug-likeness (QED) is 0.905. The fourth-order valence-electron chi connectivity index (χ4n) is 3.08. The smallest absolute Gasteiger partial charge is 0.410 e. The number of piperazine rings is 1. The second kappa shape index (κ2) is 7.87. The third kappa shape index (κ3) is 5.19. The molecule has 138 valence electrons. The molecule has 0 bridgehead atoms. The highest BCUT2D eigenvalue weighted by Crippen LogP contribution is 2.20. The lowest BCUT2D eigenvalue weighted by atomic mass is 10.0. The molecule has 6 heteroatoms. The van der Waals surface area contributed by atoms with Gasteiger partial charge in [0.2, 0.25) is 0 Å². The van der Waals surface area contributed by atoms with Crippen molar-refractivity contribution in [3.05, 3.63) is 35.4 Å². The van der Waals surface area contributed by atoms with Gasteiger partial charge in [0.25, 0.3) is 0 Å². The minimum absolute atomic E-state index is 0.0700. The lowest BCUT2D eigenvalue weighted by Crippen LogP contribution is -2.55. The predicted molar refractivity (Wildman–Crippen MR) is 95.7 cm³/mol. The van der Waals surface area contributed by atoms with Crippen molar-refractivity contribution in [2.75, 3.05) is 19.6 Å². The molecule has 0 aromatic heterocycles. The van der Waals surface area contributed by atoms with Crippen molar-refractivity contribution >= 4 is 12.1 Å². The fourth-order valence-corrected chi connectivity index (χ4v) is 3.08. The number of ether oxygens (including phenoxy) is 1. The summed E-state index contributed by atoms with van der Waals surface area (Å²) in [5.41, 5.74) is 0.633. The summed E-state index contributed by atoms with van der Waals surface area (Å²) in [6.45, 7) is 10.2. The van der Waals surface area contributed by atoms with Crippen LogP contribution in [-0.4, -0.2) is 58.2 Å². The molecule has 1 aromatic rings. The van der Waals surface area contributed by atoms with E-state index in [1.807, 2.05) is 32.9 Å². The number of hydrogen-bond acceptors (Lipinski definition) is 4. The Hall–Kier alpha value is -2.08. The van der Waals surface area contributed by atoms with Gasteiger partial charge < -0.3 is 14.7 Å². The number of carboxylic acid groups (broad SMARTS) is 1. The molecule has 1 atom stereocenters. The summed E-state index contributed by atoms with van der Waals surface area (Å²) >= 11 is 0. The van der Waals surface area contributed by atoms with E-state index in [0.29, 0.717) is 31.7 Å². The zero-order chi connectivity index (χ0) is 18.6. The van der Waals surface area contributed by atoms with Crippen LogP contribution in [0.1, 0.15) is 50.0 Å². The normalized spacial score (nSPS) is 18.9. The maximum atomic E-state index is 12.4. The van der Waals surface area contributed by atoms with Crippen LogP contribution in [0, 0.1) is 0 Å². The van der Waals surface area contributed by atoms with Crippen LogP contribution in [0.25, 0.3) is 0 Å². The zero-order valence-electron chi connectivity index (χ0n) is 15.5. The topological polar surface area (TPSA) is 70.1 Å². The van der Waals surface area contributed by atoms with Gasteiger partial charge in [0.05, 0.1) is 5.56 Å². The number of carbonyl (C=O) groups is 2. The van der Waals surface area contributed by atoms with Crippen molar-refractivity contribution in [1.29, 1.82) is 0 Å². The Balaban J connectivity index is 2.04. The molecule has 6 nitrogen and oxygen atoms in total. The van der Waals surface area contributed by atoms with Gasteiger partial charge in [-0.15, -0.1) is 0 Å². The van der Waals surface area contributed by atoms with Gasteiger partial charge in [-0.2, -0.15) is 0 Å². The molecule has 1 aliphatic rings. The summed E-state index contributed by atoms with van der Waals surface area (Å²) in [4.78, 5) is 27.8. The summed E-state index contributed by atoms with van der Waals surface area (Å²) in [7, 11) is 0. The molecule has 0 saturated carbocycles. The van der Waals surface area contributed by atoms with Crippen molar-refractivity contribution in [3.63, 3.8) is 0 Å². The van der Waals surface area contributed by atoms with Crippen molar-refractivity contribution < 1.29 is 19.4 Å². The Morgan fingerprint density at radius 3 is 2.52 bits per heavy atom. The van der Waals surface area contributed by atoms with E-state index in [1.54, 1.807) is 17.0 Å². The molecular weight excluding hydrogens is 320 g/mol. The lowest BCUT2D eigenvalue weighted by molar-refractivity contribution is -0.00301. The van der Waals surface area contributed by atoms with Crippen LogP contribution < -0.4 is 0 Å². The monoisotopic (exact) mass is 348 g/mol. The molecule has 1 aliphatic heterocycles. The van der Waals surface area contributed by atoms with Crippen LogP contribution >= 0.6 is 0 Å². The van der Waals surface area contributed by atoms with Gasteiger partial charge in [0.15, 0.2) is 0 Å². The number of rotatable bonds is 4. The number of carbonyl (C=O) groups excluding carboxylic acids is 1. The second-order valence-corrected chi connectivity index (χ2v) is 7.43. The molecular formula is C19H28N2O4. The highest BCUT2D eigenvalue weighted by atomic mass is 16.6. The van der Waals surface area contributed by atoms with Crippen LogP contribution in [0.2, 0.25) is 0 Å². The highest BCUT2D eigenvalue weighted by Gasteiger charge is 2.32. The minimum atomic E-state index is -0.907. The molecule has 1 aromatic carbocycles. The summed E-state index contributed by atoms with van der Waals surface area (Å²) in [6, 6.07) is 7.15. The van der Waals surface area contributed by atoms with E-state index in [-0.39, 0.29) is 12.1 Å². The van der Waals surface area contributed by atoms with E-state index in [1.165, 1.54) is 0 Å². The minimum Gasteiger partial charge on any atom is -0.478 e. The molecule has 1 saturated heterocycles. The first-order chi connectivity index (χ1) is 11.7. The first-order valence-electron chi connectivity index (χ1n) is 8.74. The van der Waals surface area contributed by atoms with Crippen LogP contribution in [0.3, 0.4) is 0 Å². The third-order valence-corrected chi connectivity index (χ3v) is 4.31.